The predicted molar refractivity (Wildman–Crippen MR) is 145 cm³/mol. The summed E-state index contributed by atoms with van der Waals surface area (Å²) < 4.78 is 50.8. The Morgan fingerprint density at radius 1 is 0.974 bits per heavy atom. The number of rotatable bonds is 8. The average Bonchev–Trinajstić information content (AvgIpc) is 2.95. The molecule has 0 aromatic heterocycles. The van der Waals surface area contributed by atoms with E-state index in [1.807, 2.05) is 24.0 Å². The van der Waals surface area contributed by atoms with Gasteiger partial charge in [0.05, 0.1) is 16.4 Å². The second kappa shape index (κ2) is 12.0. The van der Waals surface area contributed by atoms with Gasteiger partial charge in [-0.2, -0.15) is 13.2 Å². The third-order valence-corrected chi connectivity index (χ3v) is 8.30. The lowest BCUT2D eigenvalue weighted by Crippen LogP contribution is -2.50. The molecule has 3 N–H and O–H groups in total. The molecule has 1 aliphatic rings. The lowest BCUT2D eigenvalue weighted by atomic mass is 9.86. The Morgan fingerprint density at radius 2 is 1.62 bits per heavy atom. The smallest absolute Gasteiger partial charge is 0.368 e. The van der Waals surface area contributed by atoms with E-state index in [0.717, 1.165) is 28.2 Å². The zero-order valence-corrected chi connectivity index (χ0v) is 22.2. The van der Waals surface area contributed by atoms with Gasteiger partial charge in [0.25, 0.3) is 5.91 Å². The minimum Gasteiger partial charge on any atom is -0.368 e. The number of nitrogens with one attached hydrogen (secondary N) is 1. The van der Waals surface area contributed by atoms with E-state index >= 15 is 0 Å². The second-order valence-electron chi connectivity index (χ2n) is 9.47. The highest BCUT2D eigenvalue weighted by Gasteiger charge is 2.34. The summed E-state index contributed by atoms with van der Waals surface area (Å²) in [5, 5.41) is 2.86. The predicted octanol–water partition coefficient (Wildman–Crippen LogP) is 5.00. The Morgan fingerprint density at radius 3 is 2.18 bits per heavy atom. The molecule has 1 saturated heterocycles. The molecule has 0 radical (unpaired) electrons. The molecule has 4 rings (SSSR count). The third kappa shape index (κ3) is 6.86. The largest absolute Gasteiger partial charge is 0.416 e. The number of carbonyl (C=O) groups is 2. The highest BCUT2D eigenvalue weighted by atomic mass is 32.2. The zero-order valence-electron chi connectivity index (χ0n) is 21.4. The number of primary amides is 1. The van der Waals surface area contributed by atoms with E-state index in [1.165, 1.54) is 12.1 Å². The molecule has 0 aliphatic carbocycles. The number of hydrogen-bond donors (Lipinski definition) is 2. The minimum absolute atomic E-state index is 0.0769. The molecule has 2 unspecified atom stereocenters. The summed E-state index contributed by atoms with van der Waals surface area (Å²) in [6, 6.07) is 18.6. The molecule has 0 saturated carbocycles. The van der Waals surface area contributed by atoms with Gasteiger partial charge in [-0.3, -0.25) is 13.8 Å². The lowest BCUT2D eigenvalue weighted by molar-refractivity contribution is -0.137. The highest BCUT2D eigenvalue weighted by molar-refractivity contribution is 7.85. The van der Waals surface area contributed by atoms with Gasteiger partial charge in [0, 0.05) is 40.9 Å². The fraction of sp³-hybridized carbons (Fsp3) is 0.310. The molecule has 3 aromatic carbocycles. The Labute approximate surface area is 227 Å². The van der Waals surface area contributed by atoms with Gasteiger partial charge in [-0.1, -0.05) is 31.2 Å². The van der Waals surface area contributed by atoms with E-state index in [1.54, 1.807) is 36.4 Å². The quantitative estimate of drug-likeness (QED) is 0.408. The van der Waals surface area contributed by atoms with E-state index in [0.29, 0.717) is 42.9 Å². The Hall–Kier alpha value is -3.66. The number of carbonyl (C=O) groups excluding carboxylic acids is 2. The first-order chi connectivity index (χ1) is 18.6. The summed E-state index contributed by atoms with van der Waals surface area (Å²) in [4.78, 5) is 27.5. The lowest BCUT2D eigenvalue weighted by Gasteiger charge is -2.40. The van der Waals surface area contributed by atoms with Crippen LogP contribution in [0.1, 0.15) is 52.7 Å². The SMILES string of the molecule is CCS(=O)c1ccc(CNC(=O)c2ccc(N3CC(c4ccc(C(F)(F)F)cc4)CC[C@H]3C(N)=O)cc2)cc1. The molecule has 206 valence electrons. The van der Waals surface area contributed by atoms with Crippen molar-refractivity contribution in [3.05, 3.63) is 95.1 Å². The maximum atomic E-state index is 13.0. The van der Waals surface area contributed by atoms with Crippen LogP contribution in [-0.2, 0) is 28.3 Å². The van der Waals surface area contributed by atoms with Gasteiger partial charge >= 0.3 is 6.18 Å². The van der Waals surface area contributed by atoms with Crippen LogP contribution >= 0.6 is 0 Å². The molecule has 1 aliphatic heterocycles. The van der Waals surface area contributed by atoms with E-state index < -0.39 is 34.5 Å². The summed E-state index contributed by atoms with van der Waals surface area (Å²) in [6.45, 7) is 2.57. The molecule has 39 heavy (non-hydrogen) atoms. The van der Waals surface area contributed by atoms with E-state index in [-0.39, 0.29) is 11.8 Å². The molecule has 3 aromatic rings. The van der Waals surface area contributed by atoms with Gasteiger partial charge in [0.15, 0.2) is 0 Å². The number of anilines is 1. The number of nitrogens with zero attached hydrogens (tertiary/aromatic N) is 1. The van der Waals surface area contributed by atoms with Crippen molar-refractivity contribution in [2.24, 2.45) is 5.73 Å². The maximum Gasteiger partial charge on any atom is 0.416 e. The first-order valence-electron chi connectivity index (χ1n) is 12.7. The molecule has 1 fully saturated rings. The van der Waals surface area contributed by atoms with Crippen molar-refractivity contribution < 1.29 is 27.0 Å². The van der Waals surface area contributed by atoms with Crippen LogP contribution in [0.2, 0.25) is 0 Å². The molecule has 1 heterocycles. The van der Waals surface area contributed by atoms with Gasteiger partial charge in [0.1, 0.15) is 6.04 Å². The van der Waals surface area contributed by atoms with Crippen LogP contribution < -0.4 is 16.0 Å². The van der Waals surface area contributed by atoms with Gasteiger partial charge in [-0.05, 0) is 72.5 Å². The summed E-state index contributed by atoms with van der Waals surface area (Å²) in [5.41, 5.74) is 7.75. The van der Waals surface area contributed by atoms with Crippen molar-refractivity contribution in [3.8, 4) is 0 Å². The summed E-state index contributed by atoms with van der Waals surface area (Å²) >= 11 is 0. The van der Waals surface area contributed by atoms with E-state index in [2.05, 4.69) is 5.32 Å². The number of halogens is 3. The maximum absolute atomic E-state index is 13.0. The van der Waals surface area contributed by atoms with Crippen LogP contribution in [0, 0.1) is 0 Å². The van der Waals surface area contributed by atoms with Crippen molar-refractivity contribution in [2.45, 2.75) is 49.3 Å². The van der Waals surface area contributed by atoms with Gasteiger partial charge in [-0.15, -0.1) is 0 Å². The normalized spacial score (nSPS) is 18.4. The number of benzene rings is 3. The van der Waals surface area contributed by atoms with Crippen LogP contribution in [0.25, 0.3) is 0 Å². The zero-order chi connectivity index (χ0) is 28.2. The topological polar surface area (TPSA) is 92.5 Å². The van der Waals surface area contributed by atoms with Gasteiger partial charge < -0.3 is 16.0 Å². The molecule has 0 bridgehead atoms. The number of alkyl halides is 3. The van der Waals surface area contributed by atoms with E-state index in [4.69, 9.17) is 5.73 Å². The summed E-state index contributed by atoms with van der Waals surface area (Å²) in [7, 11) is -1.03. The Kier molecular flexibility index (Phi) is 8.74. The number of nitrogens with two attached hydrogens (primary N) is 1. The minimum atomic E-state index is -4.40. The van der Waals surface area contributed by atoms with E-state index in [9.17, 15) is 27.0 Å². The summed E-state index contributed by atoms with van der Waals surface area (Å²) in [5.74, 6) is -0.279. The standard InChI is InChI=1S/C29H30F3N3O3S/c1-2-39(38)25-14-3-19(4-15-25)17-34-28(37)21-7-12-24(13-8-21)35-18-22(9-16-26(35)27(33)36)20-5-10-23(11-6-20)29(30,31)32/h3-8,10-15,22,26H,2,9,16-18H2,1H3,(H2,33,36)(H,34,37)/t22?,26-,39?/m0/s1. The molecule has 10 heteroatoms. The van der Waals surface area contributed by atoms with Crippen molar-refractivity contribution in [3.63, 3.8) is 0 Å². The summed E-state index contributed by atoms with van der Waals surface area (Å²) in [6.07, 6.45) is -3.32. The number of piperidine rings is 1. The first-order valence-corrected chi connectivity index (χ1v) is 14.0. The molecular formula is C29H30F3N3O3S. The second-order valence-corrected chi connectivity index (χ2v) is 11.2. The highest BCUT2D eigenvalue weighted by Crippen LogP contribution is 2.35. The van der Waals surface area contributed by atoms with Crippen molar-refractivity contribution in [1.82, 2.24) is 5.32 Å². The van der Waals surface area contributed by atoms with Crippen LogP contribution in [0.5, 0.6) is 0 Å². The van der Waals surface area contributed by atoms with Crippen LogP contribution in [0.4, 0.5) is 18.9 Å². The van der Waals surface area contributed by atoms with Crippen molar-refractivity contribution >= 4 is 28.3 Å². The molecule has 6 nitrogen and oxygen atoms in total. The van der Waals surface area contributed by atoms with Crippen LogP contribution in [0.15, 0.2) is 77.7 Å². The van der Waals surface area contributed by atoms with Crippen LogP contribution in [0.3, 0.4) is 0 Å². The molecule has 0 spiro atoms. The molecule has 3 atom stereocenters. The Bertz CT molecular complexity index is 1330. The van der Waals surface area contributed by atoms with Crippen LogP contribution in [-0.4, -0.2) is 34.4 Å². The average molecular weight is 558 g/mol. The molecular weight excluding hydrogens is 527 g/mol. The Balaban J connectivity index is 1.43. The van der Waals surface area contributed by atoms with Crippen molar-refractivity contribution in [1.29, 1.82) is 0 Å². The monoisotopic (exact) mass is 557 g/mol. The fourth-order valence-electron chi connectivity index (χ4n) is 4.78. The first kappa shape index (κ1) is 28.4. The van der Waals surface area contributed by atoms with Gasteiger partial charge in [-0.25, -0.2) is 0 Å². The van der Waals surface area contributed by atoms with Gasteiger partial charge in [0.2, 0.25) is 5.91 Å². The van der Waals surface area contributed by atoms with Crippen molar-refractivity contribution in [2.75, 3.05) is 17.2 Å². The third-order valence-electron chi connectivity index (χ3n) is 6.98. The number of hydrogen-bond acceptors (Lipinski definition) is 4. The fourth-order valence-corrected chi connectivity index (χ4v) is 5.56. The number of amides is 2. The molecule has 2 amide bonds.